The van der Waals surface area contributed by atoms with E-state index in [1.54, 1.807) is 11.8 Å². The Hall–Kier alpha value is -3.12. The highest BCUT2D eigenvalue weighted by atomic mass is 32.2. The van der Waals surface area contributed by atoms with E-state index >= 15 is 0 Å². The third kappa shape index (κ3) is 5.43. The topological polar surface area (TPSA) is 59.8 Å². The van der Waals surface area contributed by atoms with Crippen molar-refractivity contribution in [3.63, 3.8) is 0 Å². The average molecular weight is 485 g/mol. The summed E-state index contributed by atoms with van der Waals surface area (Å²) < 4.78 is 2.18. The van der Waals surface area contributed by atoms with Gasteiger partial charge in [0.05, 0.1) is 6.54 Å². The Morgan fingerprint density at radius 3 is 2.60 bits per heavy atom. The number of rotatable bonds is 7. The van der Waals surface area contributed by atoms with E-state index in [1.165, 1.54) is 18.4 Å². The molecule has 35 heavy (non-hydrogen) atoms. The number of carbonyl (C=O) groups excluding carboxylic acids is 1. The first-order valence-corrected chi connectivity index (χ1v) is 13.4. The largest absolute Gasteiger partial charge is 0.349 e. The standard InChI is InChI=1S/C29H32N4OS/c1-20-8-6-11-25(21(20)2)31-28(34)24-15-13-23(14-16-24)19-35-29-32-26-12-7-17-30-27(26)33(29)18-22-9-4-3-5-10-22/h3-5,7,9-10,12-17,20-21,25H,6,8,11,18-19H2,1-2H3,(H,31,34). The molecule has 0 spiro atoms. The molecule has 1 aliphatic rings. The molecule has 5 rings (SSSR count). The van der Waals surface area contributed by atoms with Gasteiger partial charge in [0.25, 0.3) is 5.91 Å². The zero-order valence-electron chi connectivity index (χ0n) is 20.4. The number of pyridine rings is 1. The number of nitrogens with one attached hydrogen (secondary N) is 1. The number of thioether (sulfide) groups is 1. The van der Waals surface area contributed by atoms with Gasteiger partial charge in [0.1, 0.15) is 5.52 Å². The number of aromatic nitrogens is 3. The Morgan fingerprint density at radius 1 is 1.00 bits per heavy atom. The summed E-state index contributed by atoms with van der Waals surface area (Å²) in [4.78, 5) is 22.3. The minimum absolute atomic E-state index is 0.0332. The minimum Gasteiger partial charge on any atom is -0.349 e. The van der Waals surface area contributed by atoms with Crippen molar-refractivity contribution < 1.29 is 4.79 Å². The molecular weight excluding hydrogens is 452 g/mol. The van der Waals surface area contributed by atoms with Gasteiger partial charge in [0.15, 0.2) is 10.8 Å². The number of imidazole rings is 1. The molecule has 6 heteroatoms. The fourth-order valence-corrected chi connectivity index (χ4v) is 5.85. The summed E-state index contributed by atoms with van der Waals surface area (Å²) >= 11 is 1.70. The molecule has 0 bridgehead atoms. The van der Waals surface area contributed by atoms with Crippen molar-refractivity contribution in [3.05, 3.63) is 89.6 Å². The molecule has 1 amide bonds. The number of hydrogen-bond acceptors (Lipinski definition) is 4. The van der Waals surface area contributed by atoms with Crippen molar-refractivity contribution in [2.45, 2.75) is 56.6 Å². The maximum atomic E-state index is 12.8. The molecule has 2 aromatic heterocycles. The van der Waals surface area contributed by atoms with Gasteiger partial charge in [-0.1, -0.05) is 80.9 Å². The first kappa shape index (κ1) is 23.6. The molecule has 3 atom stereocenters. The Bertz CT molecular complexity index is 1290. The molecule has 3 unspecified atom stereocenters. The Balaban J connectivity index is 1.26. The quantitative estimate of drug-likeness (QED) is 0.312. The van der Waals surface area contributed by atoms with Crippen molar-refractivity contribution >= 4 is 28.8 Å². The Kier molecular flexibility index (Phi) is 7.19. The highest BCUT2D eigenvalue weighted by Gasteiger charge is 2.28. The predicted octanol–water partition coefficient (Wildman–Crippen LogP) is 6.33. The van der Waals surface area contributed by atoms with Gasteiger partial charge in [0.2, 0.25) is 0 Å². The second-order valence-electron chi connectivity index (χ2n) is 9.65. The van der Waals surface area contributed by atoms with E-state index in [4.69, 9.17) is 4.98 Å². The molecule has 0 saturated heterocycles. The molecule has 0 radical (unpaired) electrons. The summed E-state index contributed by atoms with van der Waals surface area (Å²) in [5.41, 5.74) is 4.92. The van der Waals surface area contributed by atoms with Crippen molar-refractivity contribution in [1.82, 2.24) is 19.9 Å². The van der Waals surface area contributed by atoms with Crippen LogP contribution in [0, 0.1) is 11.8 Å². The molecule has 1 fully saturated rings. The minimum atomic E-state index is 0.0332. The number of carbonyl (C=O) groups is 1. The number of benzene rings is 2. The van der Waals surface area contributed by atoms with Gasteiger partial charge in [-0.25, -0.2) is 9.97 Å². The fourth-order valence-electron chi connectivity index (χ4n) is 4.89. The second kappa shape index (κ2) is 10.6. The molecule has 2 heterocycles. The summed E-state index contributed by atoms with van der Waals surface area (Å²) in [7, 11) is 0. The van der Waals surface area contributed by atoms with E-state index in [2.05, 4.69) is 65.1 Å². The van der Waals surface area contributed by atoms with E-state index < -0.39 is 0 Å². The van der Waals surface area contributed by atoms with Crippen LogP contribution in [0.3, 0.4) is 0 Å². The van der Waals surface area contributed by atoms with Crippen LogP contribution >= 0.6 is 11.8 Å². The van der Waals surface area contributed by atoms with Crippen molar-refractivity contribution in [3.8, 4) is 0 Å². The normalized spacial score (nSPS) is 20.1. The van der Waals surface area contributed by atoms with E-state index in [1.807, 2.05) is 36.5 Å². The highest BCUT2D eigenvalue weighted by Crippen LogP contribution is 2.30. The summed E-state index contributed by atoms with van der Waals surface area (Å²) in [5, 5.41) is 4.22. The molecule has 180 valence electrons. The fraction of sp³-hybridized carbons (Fsp3) is 0.345. The van der Waals surface area contributed by atoms with Gasteiger partial charge >= 0.3 is 0 Å². The number of hydrogen-bond donors (Lipinski definition) is 1. The van der Waals surface area contributed by atoms with Gasteiger partial charge in [-0.15, -0.1) is 0 Å². The van der Waals surface area contributed by atoms with Crippen LogP contribution in [-0.4, -0.2) is 26.5 Å². The lowest BCUT2D eigenvalue weighted by Crippen LogP contribution is -2.43. The lowest BCUT2D eigenvalue weighted by Gasteiger charge is -2.34. The molecule has 1 aliphatic carbocycles. The average Bonchev–Trinajstić information content (AvgIpc) is 3.23. The summed E-state index contributed by atoms with van der Waals surface area (Å²) in [6.45, 7) is 5.28. The third-order valence-electron chi connectivity index (χ3n) is 7.26. The number of fused-ring (bicyclic) bond motifs is 1. The van der Waals surface area contributed by atoms with Crippen LogP contribution in [0.5, 0.6) is 0 Å². The summed E-state index contributed by atoms with van der Waals surface area (Å²) in [6.07, 6.45) is 5.34. The van der Waals surface area contributed by atoms with Crippen LogP contribution in [-0.2, 0) is 12.3 Å². The van der Waals surface area contributed by atoms with Gasteiger partial charge < -0.3 is 5.32 Å². The number of nitrogens with zero attached hydrogens (tertiary/aromatic N) is 3. The molecule has 1 N–H and O–H groups in total. The number of amides is 1. The third-order valence-corrected chi connectivity index (χ3v) is 8.31. The van der Waals surface area contributed by atoms with Crippen LogP contribution in [0.15, 0.2) is 78.1 Å². The summed E-state index contributed by atoms with van der Waals surface area (Å²) in [5.74, 6) is 1.99. The van der Waals surface area contributed by atoms with Crippen molar-refractivity contribution in [2.24, 2.45) is 11.8 Å². The molecular formula is C29H32N4OS. The van der Waals surface area contributed by atoms with Gasteiger partial charge in [-0.05, 0) is 53.6 Å². The van der Waals surface area contributed by atoms with E-state index in [9.17, 15) is 4.79 Å². The highest BCUT2D eigenvalue weighted by molar-refractivity contribution is 7.98. The van der Waals surface area contributed by atoms with Crippen LogP contribution in [0.25, 0.3) is 11.2 Å². The monoisotopic (exact) mass is 484 g/mol. The van der Waals surface area contributed by atoms with Crippen LogP contribution in [0.2, 0.25) is 0 Å². The molecule has 0 aliphatic heterocycles. The Morgan fingerprint density at radius 2 is 1.80 bits per heavy atom. The van der Waals surface area contributed by atoms with E-state index in [-0.39, 0.29) is 11.9 Å². The van der Waals surface area contributed by atoms with E-state index in [0.717, 1.165) is 46.2 Å². The van der Waals surface area contributed by atoms with E-state index in [0.29, 0.717) is 11.8 Å². The zero-order valence-corrected chi connectivity index (χ0v) is 21.2. The molecule has 1 saturated carbocycles. The maximum Gasteiger partial charge on any atom is 0.251 e. The Labute approximate surface area is 211 Å². The molecule has 4 aromatic rings. The van der Waals surface area contributed by atoms with Gasteiger partial charge in [-0.3, -0.25) is 9.36 Å². The zero-order chi connectivity index (χ0) is 24.2. The predicted molar refractivity (Wildman–Crippen MR) is 143 cm³/mol. The van der Waals surface area contributed by atoms with Crippen LogP contribution in [0.1, 0.15) is 54.6 Å². The maximum absolute atomic E-state index is 12.8. The van der Waals surface area contributed by atoms with Crippen LogP contribution < -0.4 is 5.32 Å². The summed E-state index contributed by atoms with van der Waals surface area (Å²) in [6, 6.07) is 22.6. The second-order valence-corrected chi connectivity index (χ2v) is 10.6. The van der Waals surface area contributed by atoms with Gasteiger partial charge in [-0.2, -0.15) is 0 Å². The van der Waals surface area contributed by atoms with Crippen molar-refractivity contribution in [2.75, 3.05) is 0 Å². The lowest BCUT2D eigenvalue weighted by molar-refractivity contribution is 0.0891. The van der Waals surface area contributed by atoms with Crippen molar-refractivity contribution in [1.29, 1.82) is 0 Å². The van der Waals surface area contributed by atoms with Crippen LogP contribution in [0.4, 0.5) is 0 Å². The first-order chi connectivity index (χ1) is 17.1. The SMILES string of the molecule is CC1CCCC(NC(=O)c2ccc(CSc3nc4cccnc4n3Cc3ccccc3)cc2)C1C. The molecule has 2 aromatic carbocycles. The smallest absolute Gasteiger partial charge is 0.251 e. The first-order valence-electron chi connectivity index (χ1n) is 12.5. The lowest BCUT2D eigenvalue weighted by atomic mass is 9.78. The molecule has 5 nitrogen and oxygen atoms in total. The van der Waals surface area contributed by atoms with Gasteiger partial charge in [0, 0.05) is 23.6 Å².